The van der Waals surface area contributed by atoms with Crippen molar-refractivity contribution in [1.29, 1.82) is 5.26 Å². The molecule has 1 aromatic rings. The quantitative estimate of drug-likeness (QED) is 0.817. The van der Waals surface area contributed by atoms with Crippen molar-refractivity contribution in [2.45, 2.75) is 40.0 Å². The Balaban J connectivity index is 3.31. The number of rotatable bonds is 6. The lowest BCUT2D eigenvalue weighted by atomic mass is 9.98. The Morgan fingerprint density at radius 3 is 2.55 bits per heavy atom. The summed E-state index contributed by atoms with van der Waals surface area (Å²) in [6, 6.07) is 7.42. The number of benzene rings is 1. The van der Waals surface area contributed by atoms with Gasteiger partial charge in [0.2, 0.25) is 5.91 Å². The molecule has 6 nitrogen and oxygen atoms in total. The van der Waals surface area contributed by atoms with Crippen molar-refractivity contribution in [3.05, 3.63) is 23.8 Å². The minimum Gasteiger partial charge on any atom is -0.341 e. The maximum atomic E-state index is 11.4. The van der Waals surface area contributed by atoms with Crippen molar-refractivity contribution >= 4 is 23.3 Å². The third-order valence-electron chi connectivity index (χ3n) is 2.91. The molecule has 0 aliphatic rings. The zero-order valence-corrected chi connectivity index (χ0v) is 13.3. The molecule has 0 atom stereocenters. The fourth-order valence-corrected chi connectivity index (χ4v) is 2.20. The second kappa shape index (κ2) is 8.03. The van der Waals surface area contributed by atoms with E-state index >= 15 is 0 Å². The van der Waals surface area contributed by atoms with Crippen LogP contribution in [0.25, 0.3) is 0 Å². The number of hydrogen-bond acceptors (Lipinski definition) is 5. The highest BCUT2D eigenvalue weighted by molar-refractivity contribution is 5.91. The molecule has 0 spiro atoms. The van der Waals surface area contributed by atoms with Crippen molar-refractivity contribution < 1.29 is 14.4 Å². The van der Waals surface area contributed by atoms with Gasteiger partial charge in [-0.05, 0) is 18.1 Å². The van der Waals surface area contributed by atoms with Gasteiger partial charge in [-0.15, -0.1) is 0 Å². The van der Waals surface area contributed by atoms with Crippen LogP contribution in [0.15, 0.2) is 18.2 Å². The van der Waals surface area contributed by atoms with Gasteiger partial charge < -0.3 is 10.2 Å². The monoisotopic (exact) mass is 303 g/mol. The molecule has 1 rings (SSSR count). The predicted octanol–water partition coefficient (Wildman–Crippen LogP) is 2.97. The molecule has 22 heavy (non-hydrogen) atoms. The first-order valence-electron chi connectivity index (χ1n) is 7.10. The van der Waals surface area contributed by atoms with Gasteiger partial charge in [0.25, 0.3) is 0 Å². The van der Waals surface area contributed by atoms with Gasteiger partial charge in [-0.25, -0.2) is 5.06 Å². The second-order valence-corrected chi connectivity index (χ2v) is 5.17. The number of nitriles is 1. The lowest BCUT2D eigenvalue weighted by Crippen LogP contribution is -2.28. The van der Waals surface area contributed by atoms with E-state index in [0.717, 1.165) is 5.56 Å². The highest BCUT2D eigenvalue weighted by atomic mass is 16.7. The van der Waals surface area contributed by atoms with Crippen LogP contribution in [-0.4, -0.2) is 18.4 Å². The van der Waals surface area contributed by atoms with E-state index in [0.29, 0.717) is 11.4 Å². The molecular formula is C16H21N3O3. The second-order valence-electron chi connectivity index (χ2n) is 5.17. The van der Waals surface area contributed by atoms with Crippen LogP contribution in [0, 0.1) is 11.3 Å². The van der Waals surface area contributed by atoms with E-state index in [-0.39, 0.29) is 24.8 Å². The molecule has 6 heteroatoms. The van der Waals surface area contributed by atoms with Crippen LogP contribution < -0.4 is 10.4 Å². The van der Waals surface area contributed by atoms with Gasteiger partial charge in [-0.2, -0.15) is 5.26 Å². The zero-order valence-electron chi connectivity index (χ0n) is 13.3. The molecule has 0 bridgehead atoms. The summed E-state index contributed by atoms with van der Waals surface area (Å²) in [5, 5.41) is 13.0. The molecule has 0 fully saturated rings. The van der Waals surface area contributed by atoms with Crippen LogP contribution in [0.4, 0.5) is 11.4 Å². The lowest BCUT2D eigenvalue weighted by molar-refractivity contribution is -0.142. The number of nitrogens with zero attached hydrogens (tertiary/aromatic N) is 2. The third kappa shape index (κ3) is 4.77. The molecular weight excluding hydrogens is 282 g/mol. The van der Waals surface area contributed by atoms with E-state index in [1.165, 1.54) is 18.9 Å². The van der Waals surface area contributed by atoms with Gasteiger partial charge in [0.1, 0.15) is 0 Å². The SMILES string of the molecule is CC(=O)Nc1cccc(N(CCC#N)OC(C)=O)c1C(C)C. The largest absolute Gasteiger partial charge is 0.341 e. The highest BCUT2D eigenvalue weighted by Gasteiger charge is 2.19. The van der Waals surface area contributed by atoms with Crippen LogP contribution >= 0.6 is 0 Å². The predicted molar refractivity (Wildman–Crippen MR) is 84.2 cm³/mol. The number of amides is 1. The first-order valence-corrected chi connectivity index (χ1v) is 7.10. The zero-order chi connectivity index (χ0) is 16.7. The molecule has 0 aromatic heterocycles. The number of nitrogens with one attached hydrogen (secondary N) is 1. The highest BCUT2D eigenvalue weighted by Crippen LogP contribution is 2.34. The van der Waals surface area contributed by atoms with E-state index in [4.69, 9.17) is 10.1 Å². The molecule has 118 valence electrons. The van der Waals surface area contributed by atoms with E-state index in [9.17, 15) is 9.59 Å². The maximum absolute atomic E-state index is 11.4. The Labute approximate surface area is 130 Å². The molecule has 1 amide bonds. The van der Waals surface area contributed by atoms with Crippen LogP contribution in [-0.2, 0) is 14.4 Å². The van der Waals surface area contributed by atoms with Gasteiger partial charge in [0.15, 0.2) is 0 Å². The van der Waals surface area contributed by atoms with E-state index in [1.807, 2.05) is 19.9 Å². The van der Waals surface area contributed by atoms with Crippen molar-refractivity contribution in [3.8, 4) is 6.07 Å². The summed E-state index contributed by atoms with van der Waals surface area (Å²) in [7, 11) is 0. The number of carbonyl (C=O) groups is 2. The number of carbonyl (C=O) groups excluding carboxylic acids is 2. The summed E-state index contributed by atoms with van der Waals surface area (Å²) in [4.78, 5) is 27.9. The fourth-order valence-electron chi connectivity index (χ4n) is 2.20. The minimum absolute atomic E-state index is 0.0955. The molecule has 0 aliphatic carbocycles. The summed E-state index contributed by atoms with van der Waals surface area (Å²) < 4.78 is 0. The Bertz CT molecular complexity index is 591. The van der Waals surface area contributed by atoms with Gasteiger partial charge in [0, 0.05) is 25.1 Å². The molecule has 0 heterocycles. The third-order valence-corrected chi connectivity index (χ3v) is 2.91. The Hall–Kier alpha value is -2.55. The first-order chi connectivity index (χ1) is 10.4. The number of anilines is 2. The molecule has 1 aromatic carbocycles. The summed E-state index contributed by atoms with van der Waals surface area (Å²) in [6.07, 6.45) is 0.217. The number of hydroxylamine groups is 1. The smallest absolute Gasteiger partial charge is 0.329 e. The molecule has 0 saturated heterocycles. The molecule has 0 unspecified atom stereocenters. The Morgan fingerprint density at radius 2 is 2.05 bits per heavy atom. The van der Waals surface area contributed by atoms with Crippen LogP contribution in [0.3, 0.4) is 0 Å². The fraction of sp³-hybridized carbons (Fsp3) is 0.438. The lowest BCUT2D eigenvalue weighted by Gasteiger charge is -2.27. The van der Waals surface area contributed by atoms with Gasteiger partial charge in [0.05, 0.1) is 24.7 Å². The Kier molecular flexibility index (Phi) is 6.39. The summed E-state index contributed by atoms with van der Waals surface area (Å²) in [5.74, 6) is -0.536. The standard InChI is InChI=1S/C16H21N3O3/c1-11(2)16-14(18-12(3)20)7-5-8-15(16)19(10-6-9-17)22-13(4)21/h5,7-8,11H,6,10H2,1-4H3,(H,18,20). The molecule has 0 radical (unpaired) electrons. The van der Waals surface area contributed by atoms with E-state index in [2.05, 4.69) is 5.32 Å². The van der Waals surface area contributed by atoms with Crippen molar-refractivity contribution in [2.24, 2.45) is 0 Å². The summed E-state index contributed by atoms with van der Waals surface area (Å²) >= 11 is 0. The number of hydrogen-bond donors (Lipinski definition) is 1. The van der Waals surface area contributed by atoms with Crippen molar-refractivity contribution in [2.75, 3.05) is 16.9 Å². The summed E-state index contributed by atoms with van der Waals surface area (Å²) in [5.41, 5.74) is 2.21. The van der Waals surface area contributed by atoms with E-state index in [1.54, 1.807) is 18.2 Å². The van der Waals surface area contributed by atoms with Crippen LogP contribution in [0.2, 0.25) is 0 Å². The van der Waals surface area contributed by atoms with Crippen molar-refractivity contribution in [1.82, 2.24) is 0 Å². The average Bonchev–Trinajstić information content (AvgIpc) is 2.41. The maximum Gasteiger partial charge on any atom is 0.329 e. The first kappa shape index (κ1) is 17.5. The normalized spacial score (nSPS) is 10.0. The topological polar surface area (TPSA) is 82.4 Å². The Morgan fingerprint density at radius 1 is 1.36 bits per heavy atom. The molecule has 0 aliphatic heterocycles. The molecule has 0 saturated carbocycles. The van der Waals surface area contributed by atoms with Gasteiger partial charge >= 0.3 is 5.97 Å². The van der Waals surface area contributed by atoms with Gasteiger partial charge in [-0.1, -0.05) is 19.9 Å². The minimum atomic E-state index is -0.461. The van der Waals surface area contributed by atoms with Crippen molar-refractivity contribution in [3.63, 3.8) is 0 Å². The summed E-state index contributed by atoms with van der Waals surface area (Å²) in [6.45, 7) is 6.99. The van der Waals surface area contributed by atoms with E-state index < -0.39 is 5.97 Å². The van der Waals surface area contributed by atoms with Crippen LogP contribution in [0.5, 0.6) is 0 Å². The average molecular weight is 303 g/mol. The van der Waals surface area contributed by atoms with Gasteiger partial charge in [-0.3, -0.25) is 9.59 Å². The van der Waals surface area contributed by atoms with Crippen LogP contribution in [0.1, 0.15) is 45.6 Å². The molecule has 1 N–H and O–H groups in total.